The molecule has 0 spiro atoms. The molecule has 0 saturated carbocycles. The van der Waals surface area contributed by atoms with E-state index in [0.29, 0.717) is 5.56 Å². The lowest BCUT2D eigenvalue weighted by Crippen LogP contribution is -2.55. The van der Waals surface area contributed by atoms with Gasteiger partial charge in [0.05, 0.1) is 6.04 Å². The number of hydrogen-bond donors (Lipinski definition) is 1. The molecule has 0 unspecified atom stereocenters. The van der Waals surface area contributed by atoms with Crippen LogP contribution < -0.4 is 5.43 Å². The largest absolute Gasteiger partial charge is 0.443 e. The highest BCUT2D eigenvalue weighted by molar-refractivity contribution is 5.83. The average Bonchev–Trinajstić information content (AvgIpc) is 2.79. The molecule has 0 fully saturated rings. The molecule has 0 aliphatic carbocycles. The van der Waals surface area contributed by atoms with E-state index in [0.717, 1.165) is 10.6 Å². The molecular formula is C28H32N4O4. The molecule has 1 N–H and O–H groups in total. The first-order chi connectivity index (χ1) is 16.8. The molecule has 36 heavy (non-hydrogen) atoms. The smallest absolute Gasteiger partial charge is 0.429 e. The number of nitrogens with zero attached hydrogens (tertiary/aromatic N) is 3. The Morgan fingerprint density at radius 3 is 1.83 bits per heavy atom. The Labute approximate surface area is 212 Å². The molecule has 0 saturated heterocycles. The van der Waals surface area contributed by atoms with Gasteiger partial charge < -0.3 is 9.47 Å². The lowest BCUT2D eigenvalue weighted by Gasteiger charge is -2.35. The number of rotatable bonds is 5. The Kier molecular flexibility index (Phi) is 9.24. The minimum atomic E-state index is -0.980. The van der Waals surface area contributed by atoms with Gasteiger partial charge in [-0.2, -0.15) is 10.5 Å². The number of benzene rings is 2. The van der Waals surface area contributed by atoms with Crippen molar-refractivity contribution in [3.63, 3.8) is 0 Å². The summed E-state index contributed by atoms with van der Waals surface area (Å²) in [7, 11) is 0. The Balaban J connectivity index is 2.75. The third-order valence-corrected chi connectivity index (χ3v) is 4.70. The number of nitrogens with one attached hydrogen (secondary N) is 1. The fourth-order valence-corrected chi connectivity index (χ4v) is 3.39. The van der Waals surface area contributed by atoms with Crippen LogP contribution in [0.5, 0.6) is 0 Å². The molecular weight excluding hydrogens is 456 g/mol. The molecule has 188 valence electrons. The first-order valence-corrected chi connectivity index (χ1v) is 11.5. The third kappa shape index (κ3) is 8.48. The predicted octanol–water partition coefficient (Wildman–Crippen LogP) is 5.78. The van der Waals surface area contributed by atoms with Crippen molar-refractivity contribution >= 4 is 17.8 Å². The van der Waals surface area contributed by atoms with Gasteiger partial charge in [-0.3, -0.25) is 0 Å². The van der Waals surface area contributed by atoms with Crippen molar-refractivity contribution < 1.29 is 19.1 Å². The van der Waals surface area contributed by atoms with E-state index in [2.05, 4.69) is 5.43 Å². The summed E-state index contributed by atoms with van der Waals surface area (Å²) in [5.74, 6) is 0. The summed E-state index contributed by atoms with van der Waals surface area (Å²) in [4.78, 5) is 26.3. The van der Waals surface area contributed by atoms with Crippen LogP contribution in [0.2, 0.25) is 0 Å². The minimum Gasteiger partial charge on any atom is -0.443 e. The Bertz CT molecular complexity index is 1150. The molecule has 2 amide bonds. The van der Waals surface area contributed by atoms with Crippen molar-refractivity contribution in [1.29, 1.82) is 10.5 Å². The minimum absolute atomic E-state index is 0.174. The fraction of sp³-hybridized carbons (Fsp3) is 0.357. The summed E-state index contributed by atoms with van der Waals surface area (Å²) in [5.41, 5.74) is 2.24. The third-order valence-electron chi connectivity index (χ3n) is 4.70. The van der Waals surface area contributed by atoms with Gasteiger partial charge in [-0.05, 0) is 59.1 Å². The molecule has 8 nitrogen and oxygen atoms in total. The van der Waals surface area contributed by atoms with Crippen LogP contribution in [0.25, 0.3) is 5.57 Å². The van der Waals surface area contributed by atoms with E-state index in [4.69, 9.17) is 9.47 Å². The molecule has 1 atom stereocenters. The highest BCUT2D eigenvalue weighted by atomic mass is 16.6. The lowest BCUT2D eigenvalue weighted by molar-refractivity contribution is -0.00401. The number of allylic oxidation sites excluding steroid dienone is 1. The predicted molar refractivity (Wildman–Crippen MR) is 136 cm³/mol. The number of amides is 2. The number of hydrogen-bond acceptors (Lipinski definition) is 6. The van der Waals surface area contributed by atoms with Gasteiger partial charge in [0.1, 0.15) is 28.9 Å². The number of carbonyl (C=O) groups excluding carboxylic acids is 2. The van der Waals surface area contributed by atoms with Crippen molar-refractivity contribution in [1.82, 2.24) is 10.4 Å². The van der Waals surface area contributed by atoms with Crippen LogP contribution in [0.1, 0.15) is 52.7 Å². The molecule has 0 radical (unpaired) electrons. The zero-order valence-electron chi connectivity index (χ0n) is 21.5. The number of carbonyl (C=O) groups is 2. The summed E-state index contributed by atoms with van der Waals surface area (Å²) in [6, 6.07) is 21.0. The number of hydrazine groups is 1. The van der Waals surface area contributed by atoms with E-state index in [1.165, 1.54) is 0 Å². The van der Waals surface area contributed by atoms with E-state index in [1.54, 1.807) is 71.9 Å². The zero-order valence-corrected chi connectivity index (χ0v) is 21.5. The second kappa shape index (κ2) is 11.9. The van der Waals surface area contributed by atoms with Gasteiger partial charge >= 0.3 is 12.2 Å². The molecule has 2 aromatic rings. The molecule has 2 aromatic carbocycles. The van der Waals surface area contributed by atoms with Gasteiger partial charge in [-0.15, -0.1) is 0 Å². The van der Waals surface area contributed by atoms with Gasteiger partial charge in [0, 0.05) is 5.57 Å². The van der Waals surface area contributed by atoms with Crippen LogP contribution >= 0.6 is 0 Å². The Morgan fingerprint density at radius 1 is 0.861 bits per heavy atom. The van der Waals surface area contributed by atoms with Crippen LogP contribution in [0.3, 0.4) is 0 Å². The summed E-state index contributed by atoms with van der Waals surface area (Å²) in [6.45, 7) is 10.2. The summed E-state index contributed by atoms with van der Waals surface area (Å²) < 4.78 is 11.0. The average molecular weight is 489 g/mol. The van der Waals surface area contributed by atoms with Gasteiger partial charge in [0.2, 0.25) is 0 Å². The van der Waals surface area contributed by atoms with E-state index in [-0.39, 0.29) is 17.6 Å². The molecule has 0 aliphatic rings. The monoisotopic (exact) mass is 488 g/mol. The fourth-order valence-electron chi connectivity index (χ4n) is 3.39. The summed E-state index contributed by atoms with van der Waals surface area (Å²) in [5, 5.41) is 20.7. The maximum Gasteiger partial charge on any atom is 0.429 e. The van der Waals surface area contributed by atoms with Crippen LogP contribution in [0, 0.1) is 22.7 Å². The SMILES string of the molecule is CC(C)(C)OC(=O)NN(C(=O)OC(C)(C)C)[C@@H](Cc1ccccc1)C(=C(C#N)C#N)c1ccccc1. The summed E-state index contributed by atoms with van der Waals surface area (Å²) in [6.07, 6.45) is -1.57. The topological polar surface area (TPSA) is 115 Å². The van der Waals surface area contributed by atoms with Crippen molar-refractivity contribution in [2.75, 3.05) is 0 Å². The van der Waals surface area contributed by atoms with Crippen molar-refractivity contribution in [2.45, 2.75) is 65.2 Å². The van der Waals surface area contributed by atoms with Crippen molar-refractivity contribution in [2.24, 2.45) is 0 Å². The maximum absolute atomic E-state index is 13.5. The number of ether oxygens (including phenoxy) is 2. The molecule has 0 heterocycles. The molecule has 0 bridgehead atoms. The molecule has 0 aromatic heterocycles. The first-order valence-electron chi connectivity index (χ1n) is 11.5. The van der Waals surface area contributed by atoms with E-state index >= 15 is 0 Å². The van der Waals surface area contributed by atoms with Crippen LogP contribution in [0.4, 0.5) is 9.59 Å². The van der Waals surface area contributed by atoms with Crippen molar-refractivity contribution in [3.05, 3.63) is 77.4 Å². The Hall–Kier alpha value is -4.30. The normalized spacial score (nSPS) is 11.8. The van der Waals surface area contributed by atoms with Crippen LogP contribution in [-0.2, 0) is 15.9 Å². The van der Waals surface area contributed by atoms with Gasteiger partial charge in [-0.1, -0.05) is 60.7 Å². The van der Waals surface area contributed by atoms with Crippen LogP contribution in [-0.4, -0.2) is 34.4 Å². The second-order valence-electron chi connectivity index (χ2n) is 10.0. The lowest BCUT2D eigenvalue weighted by atomic mass is 9.89. The molecule has 2 rings (SSSR count). The summed E-state index contributed by atoms with van der Waals surface area (Å²) >= 11 is 0. The zero-order chi connectivity index (χ0) is 26.9. The second-order valence-corrected chi connectivity index (χ2v) is 10.0. The van der Waals surface area contributed by atoms with E-state index in [1.807, 2.05) is 42.5 Å². The first kappa shape index (κ1) is 27.9. The quantitative estimate of drug-likeness (QED) is 0.422. The number of nitriles is 2. The highest BCUT2D eigenvalue weighted by Crippen LogP contribution is 2.29. The maximum atomic E-state index is 13.5. The highest BCUT2D eigenvalue weighted by Gasteiger charge is 2.35. The van der Waals surface area contributed by atoms with Crippen molar-refractivity contribution in [3.8, 4) is 12.1 Å². The molecule has 8 heteroatoms. The standard InChI is InChI=1S/C28H32N4O4/c1-27(2,3)35-25(33)31-32(26(34)36-28(4,5)6)23(17-20-13-9-7-10-14-20)24(22(18-29)19-30)21-15-11-8-12-16-21/h7-16,23H,17H2,1-6H3,(H,31,33)/t23-/m0/s1. The molecule has 0 aliphatic heterocycles. The van der Waals surface area contributed by atoms with Gasteiger partial charge in [0.15, 0.2) is 0 Å². The van der Waals surface area contributed by atoms with Crippen LogP contribution in [0.15, 0.2) is 66.2 Å². The van der Waals surface area contributed by atoms with E-state index < -0.39 is 29.4 Å². The van der Waals surface area contributed by atoms with Gasteiger partial charge in [0.25, 0.3) is 0 Å². The van der Waals surface area contributed by atoms with Gasteiger partial charge in [-0.25, -0.2) is 20.0 Å². The van der Waals surface area contributed by atoms with E-state index in [9.17, 15) is 20.1 Å². The Morgan fingerprint density at radius 2 is 1.36 bits per heavy atom.